The molecule has 0 bridgehead atoms. The largest absolute Gasteiger partial charge is 0.465 e. The number of aliphatic hydroxyl groups is 1. The average Bonchev–Trinajstić information content (AvgIpc) is 2.44. The highest BCUT2D eigenvalue weighted by Gasteiger charge is 2.30. The first-order chi connectivity index (χ1) is 9.45. The molecule has 2 atom stereocenters. The van der Waals surface area contributed by atoms with E-state index in [1.54, 1.807) is 24.3 Å². The highest BCUT2D eigenvalue weighted by atomic mass is 16.7. The Labute approximate surface area is 116 Å². The van der Waals surface area contributed by atoms with Gasteiger partial charge in [-0.3, -0.25) is 9.63 Å². The maximum Gasteiger partial charge on any atom is 0.404 e. The SMILES string of the molecule is CON(C)C(=O)[C@@H](O)[C@@H](Cc1ccccc1)NC(=O)O. The summed E-state index contributed by atoms with van der Waals surface area (Å²) in [7, 11) is 2.62. The summed E-state index contributed by atoms with van der Waals surface area (Å²) in [5.74, 6) is -0.720. The predicted octanol–water partition coefficient (Wildman–Crippen LogP) is 0.246. The molecule has 2 amide bonds. The van der Waals surface area contributed by atoms with Crippen LogP contribution in [0.25, 0.3) is 0 Å². The van der Waals surface area contributed by atoms with E-state index in [9.17, 15) is 14.7 Å². The summed E-state index contributed by atoms with van der Waals surface area (Å²) in [6.45, 7) is 0. The van der Waals surface area contributed by atoms with Crippen LogP contribution in [0.15, 0.2) is 30.3 Å². The molecule has 20 heavy (non-hydrogen) atoms. The lowest BCUT2D eigenvalue weighted by molar-refractivity contribution is -0.179. The Morgan fingerprint density at radius 3 is 2.45 bits per heavy atom. The molecule has 0 aliphatic heterocycles. The van der Waals surface area contributed by atoms with E-state index in [-0.39, 0.29) is 6.42 Å². The molecule has 0 aromatic heterocycles. The molecular weight excluding hydrogens is 264 g/mol. The summed E-state index contributed by atoms with van der Waals surface area (Å²) in [4.78, 5) is 27.3. The molecule has 1 aromatic rings. The molecule has 3 N–H and O–H groups in total. The molecule has 0 heterocycles. The van der Waals surface area contributed by atoms with Gasteiger partial charge in [-0.25, -0.2) is 9.86 Å². The lowest BCUT2D eigenvalue weighted by atomic mass is 10.0. The van der Waals surface area contributed by atoms with Gasteiger partial charge in [0.15, 0.2) is 6.10 Å². The number of rotatable bonds is 6. The van der Waals surface area contributed by atoms with Crippen molar-refractivity contribution >= 4 is 12.0 Å². The number of aliphatic hydroxyl groups excluding tert-OH is 1. The average molecular weight is 282 g/mol. The maximum absolute atomic E-state index is 11.8. The quantitative estimate of drug-likeness (QED) is 0.649. The van der Waals surface area contributed by atoms with Crippen molar-refractivity contribution in [3.05, 3.63) is 35.9 Å². The molecule has 0 radical (unpaired) electrons. The van der Waals surface area contributed by atoms with Crippen molar-refractivity contribution in [2.24, 2.45) is 0 Å². The van der Waals surface area contributed by atoms with Crippen LogP contribution >= 0.6 is 0 Å². The first-order valence-corrected chi connectivity index (χ1v) is 5.98. The Morgan fingerprint density at radius 2 is 1.95 bits per heavy atom. The molecule has 7 nitrogen and oxygen atoms in total. The van der Waals surface area contributed by atoms with Crippen molar-refractivity contribution in [2.45, 2.75) is 18.6 Å². The smallest absolute Gasteiger partial charge is 0.404 e. The molecule has 0 saturated carbocycles. The molecule has 1 rings (SSSR count). The van der Waals surface area contributed by atoms with Crippen molar-refractivity contribution in [1.82, 2.24) is 10.4 Å². The lowest BCUT2D eigenvalue weighted by Crippen LogP contribution is -2.51. The molecule has 0 aliphatic carbocycles. The molecular formula is C13H18N2O5. The molecule has 0 aliphatic rings. The number of carbonyl (C=O) groups excluding carboxylic acids is 1. The highest BCUT2D eigenvalue weighted by Crippen LogP contribution is 2.08. The minimum absolute atomic E-state index is 0.192. The normalized spacial score (nSPS) is 13.3. The molecule has 1 aromatic carbocycles. The summed E-state index contributed by atoms with van der Waals surface area (Å²) in [5.41, 5.74) is 0.804. The number of hydrogen-bond donors (Lipinski definition) is 3. The van der Waals surface area contributed by atoms with Gasteiger partial charge in [0.05, 0.1) is 13.2 Å². The lowest BCUT2D eigenvalue weighted by Gasteiger charge is -2.25. The third-order valence-electron chi connectivity index (χ3n) is 2.83. The van der Waals surface area contributed by atoms with Gasteiger partial charge in [-0.15, -0.1) is 0 Å². The first kappa shape index (κ1) is 15.9. The van der Waals surface area contributed by atoms with E-state index >= 15 is 0 Å². The minimum Gasteiger partial charge on any atom is -0.465 e. The molecule has 7 heteroatoms. The maximum atomic E-state index is 11.8. The van der Waals surface area contributed by atoms with E-state index in [2.05, 4.69) is 10.2 Å². The molecule has 110 valence electrons. The summed E-state index contributed by atoms with van der Waals surface area (Å²) in [6, 6.07) is 8.02. The summed E-state index contributed by atoms with van der Waals surface area (Å²) in [6.07, 6.45) is -2.65. The summed E-state index contributed by atoms with van der Waals surface area (Å²) >= 11 is 0. The highest BCUT2D eigenvalue weighted by molar-refractivity contribution is 5.81. The second-order valence-electron chi connectivity index (χ2n) is 4.21. The number of carboxylic acid groups (broad SMARTS) is 1. The van der Waals surface area contributed by atoms with Gasteiger partial charge >= 0.3 is 6.09 Å². The van der Waals surface area contributed by atoms with Gasteiger partial charge in [-0.1, -0.05) is 30.3 Å². The Bertz CT molecular complexity index is 451. The van der Waals surface area contributed by atoms with E-state index in [1.165, 1.54) is 14.2 Å². The van der Waals surface area contributed by atoms with Crippen molar-refractivity contribution in [3.63, 3.8) is 0 Å². The van der Waals surface area contributed by atoms with Gasteiger partial charge in [0, 0.05) is 7.05 Å². The van der Waals surface area contributed by atoms with E-state index in [4.69, 9.17) is 5.11 Å². The zero-order chi connectivity index (χ0) is 15.1. The van der Waals surface area contributed by atoms with Gasteiger partial charge in [0.1, 0.15) is 0 Å². The van der Waals surface area contributed by atoms with E-state index < -0.39 is 24.1 Å². The second-order valence-corrected chi connectivity index (χ2v) is 4.21. The Balaban J connectivity index is 2.83. The first-order valence-electron chi connectivity index (χ1n) is 5.98. The fourth-order valence-corrected chi connectivity index (χ4v) is 1.72. The zero-order valence-electron chi connectivity index (χ0n) is 11.3. The van der Waals surface area contributed by atoms with Crippen LogP contribution in [0.4, 0.5) is 4.79 Å². The molecule has 0 spiro atoms. The predicted molar refractivity (Wildman–Crippen MR) is 70.9 cm³/mol. The monoisotopic (exact) mass is 282 g/mol. The fourth-order valence-electron chi connectivity index (χ4n) is 1.72. The van der Waals surface area contributed by atoms with Gasteiger partial charge in [-0.2, -0.15) is 0 Å². The minimum atomic E-state index is -1.53. The Hall–Kier alpha value is -2.12. The van der Waals surface area contributed by atoms with E-state index in [0.717, 1.165) is 10.6 Å². The second kappa shape index (κ2) is 7.46. The summed E-state index contributed by atoms with van der Waals surface area (Å²) < 4.78 is 0. The van der Waals surface area contributed by atoms with Crippen LogP contribution in [-0.2, 0) is 16.1 Å². The molecule has 0 unspecified atom stereocenters. The van der Waals surface area contributed by atoms with Crippen LogP contribution in [0.3, 0.4) is 0 Å². The number of hydrogen-bond acceptors (Lipinski definition) is 4. The number of nitrogens with zero attached hydrogens (tertiary/aromatic N) is 1. The van der Waals surface area contributed by atoms with Crippen LogP contribution in [0.1, 0.15) is 5.56 Å². The van der Waals surface area contributed by atoms with Gasteiger partial charge in [0.25, 0.3) is 5.91 Å². The molecule has 0 fully saturated rings. The fraction of sp³-hybridized carbons (Fsp3) is 0.385. The van der Waals surface area contributed by atoms with Crippen LogP contribution in [-0.4, -0.2) is 53.6 Å². The third kappa shape index (κ3) is 4.52. The van der Waals surface area contributed by atoms with Gasteiger partial charge in [-0.05, 0) is 12.0 Å². The van der Waals surface area contributed by atoms with Gasteiger partial charge in [0.2, 0.25) is 0 Å². The van der Waals surface area contributed by atoms with Crippen molar-refractivity contribution < 1.29 is 24.6 Å². The topological polar surface area (TPSA) is 99.1 Å². The van der Waals surface area contributed by atoms with E-state index in [0.29, 0.717) is 0 Å². The van der Waals surface area contributed by atoms with Gasteiger partial charge < -0.3 is 15.5 Å². The van der Waals surface area contributed by atoms with E-state index in [1.807, 2.05) is 6.07 Å². The number of hydroxylamine groups is 2. The number of likely N-dealkylation sites (N-methyl/N-ethyl adjacent to an activating group) is 1. The van der Waals surface area contributed by atoms with Crippen LogP contribution in [0.5, 0.6) is 0 Å². The van der Waals surface area contributed by atoms with Crippen molar-refractivity contribution in [3.8, 4) is 0 Å². The summed E-state index contributed by atoms with van der Waals surface area (Å²) in [5, 5.41) is 21.8. The van der Waals surface area contributed by atoms with Crippen molar-refractivity contribution in [2.75, 3.05) is 14.2 Å². The van der Waals surface area contributed by atoms with Crippen LogP contribution in [0, 0.1) is 0 Å². The van der Waals surface area contributed by atoms with Crippen molar-refractivity contribution in [1.29, 1.82) is 0 Å². The number of nitrogens with one attached hydrogen (secondary N) is 1. The zero-order valence-corrected chi connectivity index (χ0v) is 11.3. The Morgan fingerprint density at radius 1 is 1.35 bits per heavy atom. The van der Waals surface area contributed by atoms with Crippen LogP contribution < -0.4 is 5.32 Å². The number of amides is 2. The standard InChI is InChI=1S/C13H18N2O5/c1-15(20-2)12(17)11(16)10(14-13(18)19)8-9-6-4-3-5-7-9/h3-7,10-11,14,16H,8H2,1-2H3,(H,18,19)/t10-,11+/m1/s1. The third-order valence-corrected chi connectivity index (χ3v) is 2.83. The Kier molecular flexibility index (Phi) is 5.95. The van der Waals surface area contributed by atoms with Crippen LogP contribution in [0.2, 0.25) is 0 Å². The molecule has 0 saturated heterocycles. The number of benzene rings is 1. The number of carbonyl (C=O) groups is 2.